The van der Waals surface area contributed by atoms with Gasteiger partial charge in [-0.15, -0.1) is 0 Å². The molecule has 0 saturated carbocycles. The van der Waals surface area contributed by atoms with Crippen molar-refractivity contribution < 1.29 is 9.21 Å². The van der Waals surface area contributed by atoms with Crippen molar-refractivity contribution in [2.24, 2.45) is 0 Å². The highest BCUT2D eigenvalue weighted by Gasteiger charge is 2.14. The molecule has 0 radical (unpaired) electrons. The number of carbonyl (C=O) groups is 1. The van der Waals surface area contributed by atoms with Gasteiger partial charge in [-0.25, -0.2) is 4.98 Å². The van der Waals surface area contributed by atoms with Crippen LogP contribution in [0.3, 0.4) is 0 Å². The van der Waals surface area contributed by atoms with Crippen molar-refractivity contribution >= 4 is 55.9 Å². The van der Waals surface area contributed by atoms with Crippen LogP contribution < -0.4 is 10.6 Å². The van der Waals surface area contributed by atoms with Gasteiger partial charge in [-0.3, -0.25) is 4.79 Å². The molecule has 7 nitrogen and oxygen atoms in total. The highest BCUT2D eigenvalue weighted by molar-refractivity contribution is 9.10. The van der Waals surface area contributed by atoms with Crippen molar-refractivity contribution in [2.45, 2.75) is 6.42 Å². The second-order valence-corrected chi connectivity index (χ2v) is 8.68. The highest BCUT2D eigenvalue weighted by Crippen LogP contribution is 2.30. The van der Waals surface area contributed by atoms with Gasteiger partial charge in [0.15, 0.2) is 11.4 Å². The van der Waals surface area contributed by atoms with E-state index in [4.69, 9.17) is 21.0 Å². The SMILES string of the molecule is O=C(NCCCNc1cc(-c2ccccc2Cl)nc2c(Br)cnn12)c1cc2ccccc2o1. The summed E-state index contributed by atoms with van der Waals surface area (Å²) in [6, 6.07) is 18.8. The minimum Gasteiger partial charge on any atom is -0.451 e. The van der Waals surface area contributed by atoms with E-state index in [0.29, 0.717) is 41.5 Å². The number of benzene rings is 2. The summed E-state index contributed by atoms with van der Waals surface area (Å²) in [5, 5.41) is 12.2. The molecule has 2 aromatic carbocycles. The first-order valence-corrected chi connectivity index (χ1v) is 11.6. The van der Waals surface area contributed by atoms with Crippen molar-refractivity contribution in [2.75, 3.05) is 18.4 Å². The summed E-state index contributed by atoms with van der Waals surface area (Å²) in [6.07, 6.45) is 2.41. The fourth-order valence-electron chi connectivity index (χ4n) is 3.56. The molecule has 3 aromatic heterocycles. The van der Waals surface area contributed by atoms with Crippen molar-refractivity contribution in [3.8, 4) is 11.3 Å². The standard InChI is InChI=1S/C24H19BrClN5O2/c25-17-14-29-31-22(13-19(30-23(17)31)16-7-2-3-8-18(16)26)27-10-5-11-28-24(32)21-12-15-6-1-4-9-20(15)33-21/h1-4,6-9,12-14,27H,5,10-11H2,(H,28,32). The number of fused-ring (bicyclic) bond motifs is 2. The summed E-state index contributed by atoms with van der Waals surface area (Å²) in [7, 11) is 0. The number of aromatic nitrogens is 3. The van der Waals surface area contributed by atoms with Gasteiger partial charge in [0.25, 0.3) is 5.91 Å². The van der Waals surface area contributed by atoms with Gasteiger partial charge in [-0.05, 0) is 40.5 Å². The molecule has 1 amide bonds. The molecule has 0 fully saturated rings. The molecule has 9 heteroatoms. The third kappa shape index (κ3) is 4.44. The van der Waals surface area contributed by atoms with E-state index in [1.54, 1.807) is 16.8 Å². The van der Waals surface area contributed by atoms with E-state index in [2.05, 4.69) is 31.7 Å². The number of nitrogens with zero attached hydrogens (tertiary/aromatic N) is 3. The molecule has 0 aliphatic carbocycles. The van der Waals surface area contributed by atoms with Gasteiger partial charge >= 0.3 is 0 Å². The molecule has 5 rings (SSSR count). The summed E-state index contributed by atoms with van der Waals surface area (Å²) >= 11 is 9.89. The predicted molar refractivity (Wildman–Crippen MR) is 133 cm³/mol. The van der Waals surface area contributed by atoms with E-state index >= 15 is 0 Å². The van der Waals surface area contributed by atoms with E-state index in [1.807, 2.05) is 54.6 Å². The van der Waals surface area contributed by atoms with E-state index in [1.165, 1.54) is 0 Å². The van der Waals surface area contributed by atoms with E-state index < -0.39 is 0 Å². The lowest BCUT2D eigenvalue weighted by molar-refractivity contribution is 0.0928. The van der Waals surface area contributed by atoms with Gasteiger partial charge in [-0.2, -0.15) is 9.61 Å². The summed E-state index contributed by atoms with van der Waals surface area (Å²) in [4.78, 5) is 17.1. The first-order chi connectivity index (χ1) is 16.1. The van der Waals surface area contributed by atoms with Crippen LogP contribution in [-0.2, 0) is 0 Å². The van der Waals surface area contributed by atoms with Gasteiger partial charge in [0.2, 0.25) is 0 Å². The van der Waals surface area contributed by atoms with Gasteiger partial charge in [0, 0.05) is 35.1 Å². The summed E-state index contributed by atoms with van der Waals surface area (Å²) in [5.41, 5.74) is 2.98. The molecular formula is C24H19BrClN5O2. The Morgan fingerprint density at radius 1 is 1.09 bits per heavy atom. The van der Waals surface area contributed by atoms with Crippen LogP contribution >= 0.6 is 27.5 Å². The summed E-state index contributed by atoms with van der Waals surface area (Å²) in [5.74, 6) is 0.865. The van der Waals surface area contributed by atoms with Crippen molar-refractivity contribution in [3.05, 3.63) is 82.1 Å². The molecule has 0 saturated heterocycles. The van der Waals surface area contributed by atoms with Crippen LogP contribution in [0.1, 0.15) is 17.0 Å². The number of anilines is 1. The lowest BCUT2D eigenvalue weighted by atomic mass is 10.1. The number of furan rings is 1. The fourth-order valence-corrected chi connectivity index (χ4v) is 4.14. The maximum atomic E-state index is 12.4. The summed E-state index contributed by atoms with van der Waals surface area (Å²) < 4.78 is 8.13. The maximum Gasteiger partial charge on any atom is 0.287 e. The molecule has 0 aliphatic heterocycles. The normalized spacial score (nSPS) is 11.2. The molecule has 0 bridgehead atoms. The van der Waals surface area contributed by atoms with Gasteiger partial charge in [0.05, 0.1) is 16.4 Å². The molecule has 3 heterocycles. The zero-order valence-corrected chi connectivity index (χ0v) is 19.7. The first-order valence-electron chi connectivity index (χ1n) is 10.4. The number of hydrogen-bond donors (Lipinski definition) is 2. The topological polar surface area (TPSA) is 84.5 Å². The van der Waals surface area contributed by atoms with Crippen molar-refractivity contribution in [3.63, 3.8) is 0 Å². The van der Waals surface area contributed by atoms with Crippen LogP contribution in [0.2, 0.25) is 5.02 Å². The molecule has 0 spiro atoms. The number of rotatable bonds is 7. The predicted octanol–water partition coefficient (Wildman–Crippen LogP) is 5.79. The minimum absolute atomic E-state index is 0.227. The Morgan fingerprint density at radius 2 is 1.91 bits per heavy atom. The Balaban J connectivity index is 1.25. The van der Waals surface area contributed by atoms with E-state index in [9.17, 15) is 4.79 Å². The monoisotopic (exact) mass is 523 g/mol. The molecular weight excluding hydrogens is 506 g/mol. The Kier molecular flexibility index (Phi) is 6.02. The first kappa shape index (κ1) is 21.5. The van der Waals surface area contributed by atoms with Crippen LogP contribution in [0.25, 0.3) is 27.9 Å². The number of amides is 1. The van der Waals surface area contributed by atoms with Crippen molar-refractivity contribution in [1.82, 2.24) is 19.9 Å². The Morgan fingerprint density at radius 3 is 2.76 bits per heavy atom. The van der Waals surface area contributed by atoms with Gasteiger partial charge in [0.1, 0.15) is 11.4 Å². The highest BCUT2D eigenvalue weighted by atomic mass is 79.9. The van der Waals surface area contributed by atoms with Crippen molar-refractivity contribution in [1.29, 1.82) is 0 Å². The van der Waals surface area contributed by atoms with Crippen LogP contribution in [0.5, 0.6) is 0 Å². The van der Waals surface area contributed by atoms with Crippen LogP contribution in [0.15, 0.2) is 75.8 Å². The number of halogens is 2. The van der Waals surface area contributed by atoms with Gasteiger partial charge < -0.3 is 15.1 Å². The van der Waals surface area contributed by atoms with E-state index in [0.717, 1.165) is 26.9 Å². The Hall–Kier alpha value is -3.36. The average molecular weight is 525 g/mol. The zero-order chi connectivity index (χ0) is 22.8. The molecule has 0 unspecified atom stereocenters. The number of para-hydroxylation sites is 1. The number of hydrogen-bond acceptors (Lipinski definition) is 5. The molecule has 0 atom stereocenters. The lowest BCUT2D eigenvalue weighted by Crippen LogP contribution is -2.25. The fraction of sp³-hybridized carbons (Fsp3) is 0.125. The average Bonchev–Trinajstić information content (AvgIpc) is 3.43. The third-order valence-corrected chi connectivity index (χ3v) is 6.06. The second-order valence-electron chi connectivity index (χ2n) is 7.42. The number of nitrogens with one attached hydrogen (secondary N) is 2. The minimum atomic E-state index is -0.227. The zero-order valence-electron chi connectivity index (χ0n) is 17.4. The molecule has 33 heavy (non-hydrogen) atoms. The Labute approximate surface area is 202 Å². The van der Waals surface area contributed by atoms with Crippen LogP contribution in [0, 0.1) is 0 Å². The quantitative estimate of drug-likeness (QED) is 0.263. The van der Waals surface area contributed by atoms with Crippen LogP contribution in [0.4, 0.5) is 5.82 Å². The molecule has 5 aromatic rings. The molecule has 0 aliphatic rings. The lowest BCUT2D eigenvalue weighted by Gasteiger charge is -2.12. The van der Waals surface area contributed by atoms with E-state index in [-0.39, 0.29) is 5.91 Å². The Bertz CT molecular complexity index is 1430. The van der Waals surface area contributed by atoms with Crippen LogP contribution in [-0.4, -0.2) is 33.6 Å². The molecule has 166 valence electrons. The molecule has 2 N–H and O–H groups in total. The summed E-state index contributed by atoms with van der Waals surface area (Å²) in [6.45, 7) is 1.12. The third-order valence-electron chi connectivity index (χ3n) is 5.17. The van der Waals surface area contributed by atoms with Gasteiger partial charge in [-0.1, -0.05) is 48.0 Å². The number of carbonyl (C=O) groups excluding carboxylic acids is 1. The largest absolute Gasteiger partial charge is 0.451 e. The maximum absolute atomic E-state index is 12.4. The smallest absolute Gasteiger partial charge is 0.287 e. The second kappa shape index (κ2) is 9.25.